The molecule has 0 aromatic rings. The molecule has 18 heavy (non-hydrogen) atoms. The number of nitrogens with zero attached hydrogens (tertiary/aromatic N) is 1. The zero-order valence-electron chi connectivity index (χ0n) is 13.1. The molecular formula is C15H32N2O. The van der Waals surface area contributed by atoms with Crippen molar-refractivity contribution in [2.75, 3.05) is 33.8 Å². The van der Waals surface area contributed by atoms with Crippen LogP contribution in [0.4, 0.5) is 0 Å². The Hall–Kier alpha value is -0.120. The van der Waals surface area contributed by atoms with Crippen molar-refractivity contribution in [3.8, 4) is 0 Å². The van der Waals surface area contributed by atoms with Gasteiger partial charge in [-0.1, -0.05) is 27.7 Å². The van der Waals surface area contributed by atoms with Crippen molar-refractivity contribution in [2.24, 2.45) is 11.3 Å². The number of hydrogen-bond acceptors (Lipinski definition) is 3. The smallest absolute Gasteiger partial charge is 0.0656 e. The fourth-order valence-corrected chi connectivity index (χ4v) is 2.49. The molecule has 0 radical (unpaired) electrons. The van der Waals surface area contributed by atoms with E-state index >= 15 is 0 Å². The highest BCUT2D eigenvalue weighted by atomic mass is 16.5. The van der Waals surface area contributed by atoms with Gasteiger partial charge in [-0.3, -0.25) is 0 Å². The highest BCUT2D eigenvalue weighted by Crippen LogP contribution is 2.42. The molecule has 1 N–H and O–H groups in total. The summed E-state index contributed by atoms with van der Waals surface area (Å²) in [4.78, 5) is 2.24. The van der Waals surface area contributed by atoms with Crippen LogP contribution in [0.5, 0.6) is 0 Å². The van der Waals surface area contributed by atoms with Gasteiger partial charge in [0.15, 0.2) is 0 Å². The summed E-state index contributed by atoms with van der Waals surface area (Å²) in [5, 5.41) is 3.68. The van der Waals surface area contributed by atoms with Gasteiger partial charge in [0.25, 0.3) is 0 Å². The summed E-state index contributed by atoms with van der Waals surface area (Å²) in [6.45, 7) is 12.2. The number of hydrogen-bond donors (Lipinski definition) is 1. The Morgan fingerprint density at radius 3 is 2.50 bits per heavy atom. The van der Waals surface area contributed by atoms with E-state index in [1.165, 1.54) is 12.8 Å². The van der Waals surface area contributed by atoms with E-state index in [0.717, 1.165) is 19.7 Å². The van der Waals surface area contributed by atoms with E-state index in [2.05, 4.69) is 52.0 Å². The summed E-state index contributed by atoms with van der Waals surface area (Å²) in [6, 6.07) is 0.622. The van der Waals surface area contributed by atoms with Crippen molar-refractivity contribution in [2.45, 2.75) is 52.7 Å². The molecule has 2 atom stereocenters. The molecule has 0 aromatic heterocycles. The second-order valence-corrected chi connectivity index (χ2v) is 6.94. The fourth-order valence-electron chi connectivity index (χ4n) is 2.49. The Morgan fingerprint density at radius 1 is 1.33 bits per heavy atom. The summed E-state index contributed by atoms with van der Waals surface area (Å²) in [5.41, 5.74) is 0.285. The van der Waals surface area contributed by atoms with Gasteiger partial charge >= 0.3 is 0 Å². The standard InChI is InChI=1S/C15H32N2O/c1-12(2)11-18-14-10-13(15(14,3)4)16-8-7-9-17(5)6/h12-14,16H,7-11H2,1-6H3. The van der Waals surface area contributed by atoms with Crippen molar-refractivity contribution >= 4 is 0 Å². The molecule has 0 heterocycles. The lowest BCUT2D eigenvalue weighted by molar-refractivity contribution is -0.123. The first-order chi connectivity index (χ1) is 8.34. The van der Waals surface area contributed by atoms with Gasteiger partial charge in [0.05, 0.1) is 6.10 Å². The van der Waals surface area contributed by atoms with Crippen LogP contribution in [-0.4, -0.2) is 50.8 Å². The van der Waals surface area contributed by atoms with Gasteiger partial charge in [-0.2, -0.15) is 0 Å². The monoisotopic (exact) mass is 256 g/mol. The minimum absolute atomic E-state index is 0.285. The molecule has 1 fully saturated rings. The molecule has 0 bridgehead atoms. The van der Waals surface area contributed by atoms with Crippen LogP contribution in [0.3, 0.4) is 0 Å². The molecule has 0 saturated heterocycles. The van der Waals surface area contributed by atoms with E-state index in [9.17, 15) is 0 Å². The molecule has 1 aliphatic rings. The average molecular weight is 256 g/mol. The molecule has 0 aromatic carbocycles. The predicted octanol–water partition coefficient (Wildman–Crippen LogP) is 2.37. The Bertz CT molecular complexity index is 237. The van der Waals surface area contributed by atoms with E-state index in [0.29, 0.717) is 18.1 Å². The van der Waals surface area contributed by atoms with E-state index in [4.69, 9.17) is 4.74 Å². The molecule has 1 aliphatic carbocycles. The molecule has 108 valence electrons. The molecule has 1 saturated carbocycles. The van der Waals surface area contributed by atoms with E-state index in [1.807, 2.05) is 0 Å². The second-order valence-electron chi connectivity index (χ2n) is 6.94. The van der Waals surface area contributed by atoms with E-state index in [-0.39, 0.29) is 5.41 Å². The van der Waals surface area contributed by atoms with Gasteiger partial charge in [-0.15, -0.1) is 0 Å². The second kappa shape index (κ2) is 6.88. The Labute approximate surface area is 113 Å². The van der Waals surface area contributed by atoms with E-state index < -0.39 is 0 Å². The van der Waals surface area contributed by atoms with Gasteiger partial charge in [-0.25, -0.2) is 0 Å². The molecular weight excluding hydrogens is 224 g/mol. The van der Waals surface area contributed by atoms with Crippen molar-refractivity contribution < 1.29 is 4.74 Å². The summed E-state index contributed by atoms with van der Waals surface area (Å²) in [7, 11) is 4.26. The first-order valence-electron chi connectivity index (χ1n) is 7.33. The molecule has 0 spiro atoms. The summed E-state index contributed by atoms with van der Waals surface area (Å²) < 4.78 is 5.98. The van der Waals surface area contributed by atoms with Crippen LogP contribution in [-0.2, 0) is 4.74 Å². The largest absolute Gasteiger partial charge is 0.377 e. The van der Waals surface area contributed by atoms with E-state index in [1.54, 1.807) is 0 Å². The van der Waals surface area contributed by atoms with Crippen LogP contribution in [0.25, 0.3) is 0 Å². The lowest BCUT2D eigenvalue weighted by Crippen LogP contribution is -2.61. The van der Waals surface area contributed by atoms with Crippen molar-refractivity contribution in [3.05, 3.63) is 0 Å². The molecule has 2 unspecified atom stereocenters. The van der Waals surface area contributed by atoms with Crippen molar-refractivity contribution in [1.29, 1.82) is 0 Å². The first-order valence-corrected chi connectivity index (χ1v) is 7.33. The van der Waals surface area contributed by atoms with Crippen LogP contribution in [0.15, 0.2) is 0 Å². The predicted molar refractivity (Wildman–Crippen MR) is 77.9 cm³/mol. The highest BCUT2D eigenvalue weighted by molar-refractivity contribution is 5.02. The molecule has 0 amide bonds. The van der Waals surface area contributed by atoms with Gasteiger partial charge < -0.3 is 15.0 Å². The summed E-state index contributed by atoms with van der Waals surface area (Å²) >= 11 is 0. The Kier molecular flexibility index (Phi) is 6.09. The lowest BCUT2D eigenvalue weighted by Gasteiger charge is -2.52. The third kappa shape index (κ3) is 4.52. The molecule has 0 aliphatic heterocycles. The maximum atomic E-state index is 5.98. The lowest BCUT2D eigenvalue weighted by atomic mass is 9.64. The molecule has 1 rings (SSSR count). The van der Waals surface area contributed by atoms with Crippen LogP contribution in [0.2, 0.25) is 0 Å². The Morgan fingerprint density at radius 2 is 2.00 bits per heavy atom. The van der Waals surface area contributed by atoms with Crippen LogP contribution >= 0.6 is 0 Å². The number of rotatable bonds is 8. The molecule has 3 nitrogen and oxygen atoms in total. The third-order valence-corrected chi connectivity index (χ3v) is 3.98. The maximum absolute atomic E-state index is 5.98. The summed E-state index contributed by atoms with van der Waals surface area (Å²) in [5.74, 6) is 0.632. The SMILES string of the molecule is CC(C)COC1CC(NCCCN(C)C)C1(C)C. The molecule has 3 heteroatoms. The highest BCUT2D eigenvalue weighted by Gasteiger charge is 2.48. The Balaban J connectivity index is 2.18. The zero-order valence-corrected chi connectivity index (χ0v) is 13.1. The van der Waals surface area contributed by atoms with Gasteiger partial charge in [0.2, 0.25) is 0 Å². The minimum atomic E-state index is 0.285. The number of nitrogens with one attached hydrogen (secondary N) is 1. The van der Waals surface area contributed by atoms with Crippen molar-refractivity contribution in [3.63, 3.8) is 0 Å². The van der Waals surface area contributed by atoms with Crippen molar-refractivity contribution in [1.82, 2.24) is 10.2 Å². The van der Waals surface area contributed by atoms with Crippen LogP contribution in [0.1, 0.15) is 40.5 Å². The summed E-state index contributed by atoms with van der Waals surface area (Å²) in [6.07, 6.45) is 2.82. The first kappa shape index (κ1) is 15.9. The minimum Gasteiger partial charge on any atom is -0.377 e. The van der Waals surface area contributed by atoms with Gasteiger partial charge in [0.1, 0.15) is 0 Å². The third-order valence-electron chi connectivity index (χ3n) is 3.98. The fraction of sp³-hybridized carbons (Fsp3) is 1.00. The zero-order chi connectivity index (χ0) is 13.8. The quantitative estimate of drug-likeness (QED) is 0.675. The number of ether oxygens (including phenoxy) is 1. The van der Waals surface area contributed by atoms with Crippen LogP contribution < -0.4 is 5.32 Å². The normalized spacial score (nSPS) is 26.7. The maximum Gasteiger partial charge on any atom is 0.0656 e. The van der Waals surface area contributed by atoms with Gasteiger partial charge in [-0.05, 0) is 45.9 Å². The van der Waals surface area contributed by atoms with Crippen LogP contribution in [0, 0.1) is 11.3 Å². The topological polar surface area (TPSA) is 24.5 Å². The average Bonchev–Trinajstić information content (AvgIpc) is 2.25. The van der Waals surface area contributed by atoms with Gasteiger partial charge in [0, 0.05) is 18.1 Å².